The Morgan fingerprint density at radius 3 is 2.06 bits per heavy atom. The molecule has 0 aliphatic carbocycles. The maximum atomic E-state index is 12.8. The number of imidazole rings is 1. The van der Waals surface area contributed by atoms with E-state index >= 15 is 0 Å². The van der Waals surface area contributed by atoms with Crippen LogP contribution < -0.4 is 21.7 Å². The van der Waals surface area contributed by atoms with Crippen LogP contribution in [-0.2, 0) is 30.4 Å². The number of aliphatic carboxylic acids is 2. The lowest BCUT2D eigenvalue weighted by Gasteiger charge is -2.28. The quantitative estimate of drug-likeness (QED) is 0.141. The molecule has 14 heteroatoms. The summed E-state index contributed by atoms with van der Waals surface area (Å²) in [6.45, 7) is 4.48. The van der Waals surface area contributed by atoms with E-state index in [1.807, 2.05) is 0 Å². The highest BCUT2D eigenvalue weighted by Crippen LogP contribution is 2.07. The van der Waals surface area contributed by atoms with Crippen molar-refractivity contribution in [1.29, 1.82) is 0 Å². The summed E-state index contributed by atoms with van der Waals surface area (Å²) >= 11 is 0. The van der Waals surface area contributed by atoms with E-state index in [4.69, 9.17) is 10.8 Å². The maximum absolute atomic E-state index is 12.8. The fourth-order valence-electron chi connectivity index (χ4n) is 2.93. The summed E-state index contributed by atoms with van der Waals surface area (Å²) < 4.78 is 0. The molecule has 0 aromatic carbocycles. The van der Waals surface area contributed by atoms with Crippen molar-refractivity contribution in [2.24, 2.45) is 11.7 Å². The number of amides is 3. The van der Waals surface area contributed by atoms with E-state index < -0.39 is 65.8 Å². The van der Waals surface area contributed by atoms with Gasteiger partial charge in [-0.15, -0.1) is 0 Å². The average molecular weight is 485 g/mol. The van der Waals surface area contributed by atoms with Gasteiger partial charge in [0, 0.05) is 24.7 Å². The number of hydrogen-bond donors (Lipinski definition) is 8. The van der Waals surface area contributed by atoms with Crippen molar-refractivity contribution in [2.45, 2.75) is 70.3 Å². The summed E-state index contributed by atoms with van der Waals surface area (Å²) in [6.07, 6.45) is 0.767. The van der Waals surface area contributed by atoms with Crippen LogP contribution in [0.3, 0.4) is 0 Å². The second kappa shape index (κ2) is 13.3. The number of aliphatic hydroxyl groups excluding tert-OH is 1. The minimum absolute atomic E-state index is 0.111. The van der Waals surface area contributed by atoms with Crippen LogP contribution in [0.25, 0.3) is 0 Å². The predicted molar refractivity (Wildman–Crippen MR) is 117 cm³/mol. The molecule has 5 atom stereocenters. The molecule has 0 spiro atoms. The van der Waals surface area contributed by atoms with Crippen molar-refractivity contribution < 1.29 is 39.3 Å². The Kier molecular flexibility index (Phi) is 11.1. The molecule has 0 aliphatic heterocycles. The van der Waals surface area contributed by atoms with Crippen molar-refractivity contribution in [3.63, 3.8) is 0 Å². The minimum atomic E-state index is -1.52. The maximum Gasteiger partial charge on any atom is 0.326 e. The summed E-state index contributed by atoms with van der Waals surface area (Å²) in [6, 6.07) is -5.20. The van der Waals surface area contributed by atoms with Crippen molar-refractivity contribution >= 4 is 29.7 Å². The Balaban J connectivity index is 2.88. The minimum Gasteiger partial charge on any atom is -0.481 e. The molecule has 34 heavy (non-hydrogen) atoms. The molecule has 5 unspecified atom stereocenters. The molecule has 14 nitrogen and oxygen atoms in total. The van der Waals surface area contributed by atoms with Gasteiger partial charge in [0.2, 0.25) is 17.7 Å². The zero-order valence-electron chi connectivity index (χ0n) is 19.1. The van der Waals surface area contributed by atoms with Gasteiger partial charge >= 0.3 is 11.9 Å². The molecule has 1 aromatic rings. The van der Waals surface area contributed by atoms with E-state index in [1.54, 1.807) is 13.8 Å². The first kappa shape index (κ1) is 28.5. The first-order valence-electron chi connectivity index (χ1n) is 10.6. The highest BCUT2D eigenvalue weighted by molar-refractivity contribution is 5.94. The van der Waals surface area contributed by atoms with Gasteiger partial charge in [0.25, 0.3) is 0 Å². The Bertz CT molecular complexity index is 857. The number of nitrogens with two attached hydrogens (primary N) is 1. The largest absolute Gasteiger partial charge is 0.481 e. The zero-order chi connectivity index (χ0) is 26.0. The molecule has 0 aliphatic rings. The number of aliphatic hydroxyl groups is 1. The Morgan fingerprint density at radius 2 is 1.59 bits per heavy atom. The molecule has 1 rings (SSSR count). The van der Waals surface area contributed by atoms with Gasteiger partial charge in [-0.3, -0.25) is 19.2 Å². The van der Waals surface area contributed by atoms with Crippen molar-refractivity contribution in [3.8, 4) is 0 Å². The number of carbonyl (C=O) groups excluding carboxylic acids is 3. The van der Waals surface area contributed by atoms with Gasteiger partial charge in [-0.25, -0.2) is 9.78 Å². The van der Waals surface area contributed by atoms with Crippen molar-refractivity contribution in [1.82, 2.24) is 25.9 Å². The normalized spacial score (nSPS) is 15.5. The number of hydrogen-bond acceptors (Lipinski definition) is 8. The molecule has 1 heterocycles. The lowest BCUT2D eigenvalue weighted by atomic mass is 10.0. The van der Waals surface area contributed by atoms with Crippen molar-refractivity contribution in [3.05, 3.63) is 18.2 Å². The summed E-state index contributed by atoms with van der Waals surface area (Å²) in [7, 11) is 0. The SMILES string of the molecule is CC(C)C(NC(=O)C(N)CCC(=O)O)C(=O)NC(C(=O)NC(Cc1cnc[nH]1)C(=O)O)C(C)O. The predicted octanol–water partition coefficient (Wildman–Crippen LogP) is -2.28. The number of H-pyrrole nitrogens is 1. The average Bonchev–Trinajstić information content (AvgIpc) is 3.25. The third-order valence-electron chi connectivity index (χ3n) is 4.91. The van der Waals surface area contributed by atoms with Gasteiger partial charge in [-0.2, -0.15) is 0 Å². The number of rotatable bonds is 14. The third kappa shape index (κ3) is 9.15. The van der Waals surface area contributed by atoms with Gasteiger partial charge in [0.05, 0.1) is 18.5 Å². The van der Waals surface area contributed by atoms with Crippen LogP contribution in [0.1, 0.15) is 39.3 Å². The summed E-state index contributed by atoms with van der Waals surface area (Å²) in [5, 5.41) is 35.2. The van der Waals surface area contributed by atoms with E-state index in [2.05, 4.69) is 25.9 Å². The Hall–Kier alpha value is -3.52. The summed E-state index contributed by atoms with van der Waals surface area (Å²) in [4.78, 5) is 66.5. The van der Waals surface area contributed by atoms with Gasteiger partial charge in [-0.05, 0) is 19.3 Å². The highest BCUT2D eigenvalue weighted by Gasteiger charge is 2.34. The van der Waals surface area contributed by atoms with Crippen LogP contribution in [0.2, 0.25) is 0 Å². The summed E-state index contributed by atoms with van der Waals surface area (Å²) in [5.41, 5.74) is 6.13. The number of nitrogens with one attached hydrogen (secondary N) is 4. The molecule has 0 bridgehead atoms. The second-order valence-corrected chi connectivity index (χ2v) is 8.18. The molecule has 0 radical (unpaired) electrons. The summed E-state index contributed by atoms with van der Waals surface area (Å²) in [5.74, 6) is -5.42. The van der Waals surface area contributed by atoms with Crippen LogP contribution in [0.15, 0.2) is 12.5 Å². The van der Waals surface area contributed by atoms with Crippen LogP contribution in [0.4, 0.5) is 0 Å². The number of aromatic amines is 1. The molecule has 0 fully saturated rings. The Labute approximate surface area is 195 Å². The molecule has 190 valence electrons. The molecule has 0 saturated heterocycles. The van der Waals surface area contributed by atoms with Crippen LogP contribution in [0, 0.1) is 5.92 Å². The monoisotopic (exact) mass is 484 g/mol. The van der Waals surface area contributed by atoms with Gasteiger partial charge in [0.15, 0.2) is 0 Å². The van der Waals surface area contributed by atoms with E-state index in [0.29, 0.717) is 5.69 Å². The number of nitrogens with zero attached hydrogens (tertiary/aromatic N) is 1. The van der Waals surface area contributed by atoms with E-state index in [9.17, 15) is 34.2 Å². The molecule has 1 aromatic heterocycles. The number of carboxylic acids is 2. The van der Waals surface area contributed by atoms with Gasteiger partial charge in [0.1, 0.15) is 18.1 Å². The van der Waals surface area contributed by atoms with Crippen LogP contribution >= 0.6 is 0 Å². The first-order chi connectivity index (χ1) is 15.8. The smallest absolute Gasteiger partial charge is 0.326 e. The van der Waals surface area contributed by atoms with Crippen LogP contribution in [0.5, 0.6) is 0 Å². The highest BCUT2D eigenvalue weighted by atomic mass is 16.4. The topological polar surface area (TPSA) is 237 Å². The first-order valence-corrected chi connectivity index (χ1v) is 10.6. The standard InChI is InChI=1S/C20H32N6O8/c1-9(2)15(25-17(30)12(21)4-5-14(28)29)18(31)26-16(10(3)27)19(32)24-13(20(33)34)6-11-7-22-8-23-11/h7-10,12-13,15-16,27H,4-6,21H2,1-3H3,(H,22,23)(H,24,32)(H,25,30)(H,26,31)(H,28,29)(H,33,34). The number of carboxylic acid groups (broad SMARTS) is 2. The number of aromatic nitrogens is 2. The van der Waals surface area contributed by atoms with E-state index in [-0.39, 0.29) is 19.3 Å². The Morgan fingerprint density at radius 1 is 1.00 bits per heavy atom. The number of carbonyl (C=O) groups is 5. The van der Waals surface area contributed by atoms with E-state index in [0.717, 1.165) is 0 Å². The van der Waals surface area contributed by atoms with E-state index in [1.165, 1.54) is 19.4 Å². The third-order valence-corrected chi connectivity index (χ3v) is 4.91. The second-order valence-electron chi connectivity index (χ2n) is 8.18. The molecular formula is C20H32N6O8. The molecule has 9 N–H and O–H groups in total. The lowest BCUT2D eigenvalue weighted by molar-refractivity contribution is -0.143. The molecular weight excluding hydrogens is 452 g/mol. The lowest BCUT2D eigenvalue weighted by Crippen LogP contribution is -2.61. The molecule has 0 saturated carbocycles. The fourth-order valence-corrected chi connectivity index (χ4v) is 2.93. The molecule has 3 amide bonds. The fraction of sp³-hybridized carbons (Fsp3) is 0.600. The van der Waals surface area contributed by atoms with Gasteiger partial charge < -0.3 is 42.0 Å². The zero-order valence-corrected chi connectivity index (χ0v) is 19.1. The van der Waals surface area contributed by atoms with Crippen molar-refractivity contribution in [2.75, 3.05) is 0 Å². The van der Waals surface area contributed by atoms with Gasteiger partial charge in [-0.1, -0.05) is 13.8 Å². The van der Waals surface area contributed by atoms with Crippen LogP contribution in [-0.4, -0.2) is 85.2 Å².